The summed E-state index contributed by atoms with van der Waals surface area (Å²) in [4.78, 5) is 11.8. The average Bonchev–Trinajstić information content (AvgIpc) is 2.45. The van der Waals surface area contributed by atoms with E-state index in [-0.39, 0.29) is 0 Å². The zero-order valence-corrected chi connectivity index (χ0v) is 14.1. The normalized spacial score (nSPS) is 11.0. The van der Waals surface area contributed by atoms with Crippen LogP contribution in [-0.4, -0.2) is 11.7 Å². The van der Waals surface area contributed by atoms with Crippen LogP contribution in [0.3, 0.4) is 0 Å². The van der Waals surface area contributed by atoms with Crippen molar-refractivity contribution in [2.24, 2.45) is 0 Å². The van der Waals surface area contributed by atoms with Crippen molar-refractivity contribution in [3.05, 3.63) is 59.7 Å². The van der Waals surface area contributed by atoms with Crippen molar-refractivity contribution in [2.45, 2.75) is 39.8 Å². The number of nitrogens with one attached hydrogen (secondary N) is 2. The Balaban J connectivity index is 1.97. The Hall–Kier alpha value is -2.49. The Morgan fingerprint density at radius 1 is 1.04 bits per heavy atom. The predicted molar refractivity (Wildman–Crippen MR) is 94.8 cm³/mol. The lowest BCUT2D eigenvalue weighted by molar-refractivity contribution is 0.0636. The summed E-state index contributed by atoms with van der Waals surface area (Å²) in [5.74, 6) is 0. The molecule has 0 aliphatic rings. The smallest absolute Gasteiger partial charge is 0.412 e. The molecule has 0 atom stereocenters. The van der Waals surface area contributed by atoms with Crippen LogP contribution in [0.5, 0.6) is 0 Å². The Bertz CT molecular complexity index is 675. The first-order valence-corrected chi connectivity index (χ1v) is 7.72. The fourth-order valence-corrected chi connectivity index (χ4v) is 2.13. The SMILES string of the molecule is Cc1ccccc1CNc1cccc(NC(=O)OC(C)(C)C)c1. The number of hydrogen-bond acceptors (Lipinski definition) is 3. The van der Waals surface area contributed by atoms with Gasteiger partial charge < -0.3 is 10.1 Å². The summed E-state index contributed by atoms with van der Waals surface area (Å²) in [6, 6.07) is 15.9. The number of hydrogen-bond donors (Lipinski definition) is 2. The third-order valence-electron chi connectivity index (χ3n) is 3.25. The fourth-order valence-electron chi connectivity index (χ4n) is 2.13. The van der Waals surface area contributed by atoms with Crippen molar-refractivity contribution in [3.63, 3.8) is 0 Å². The number of anilines is 2. The molecule has 0 radical (unpaired) electrons. The third kappa shape index (κ3) is 5.66. The van der Waals surface area contributed by atoms with E-state index in [9.17, 15) is 4.79 Å². The molecule has 2 aromatic carbocycles. The second-order valence-corrected chi connectivity index (χ2v) is 6.49. The zero-order valence-electron chi connectivity index (χ0n) is 14.1. The van der Waals surface area contributed by atoms with Gasteiger partial charge >= 0.3 is 6.09 Å². The van der Waals surface area contributed by atoms with Gasteiger partial charge in [-0.2, -0.15) is 0 Å². The highest BCUT2D eigenvalue weighted by atomic mass is 16.6. The average molecular weight is 312 g/mol. The molecule has 2 N–H and O–H groups in total. The first kappa shape index (κ1) is 16.9. The van der Waals surface area contributed by atoms with Crippen molar-refractivity contribution < 1.29 is 9.53 Å². The van der Waals surface area contributed by atoms with Crippen LogP contribution >= 0.6 is 0 Å². The Morgan fingerprint density at radius 2 is 1.74 bits per heavy atom. The predicted octanol–water partition coefficient (Wildman–Crippen LogP) is 4.95. The van der Waals surface area contributed by atoms with E-state index in [2.05, 4.69) is 29.7 Å². The molecule has 0 bridgehead atoms. The molecule has 2 rings (SSSR count). The van der Waals surface area contributed by atoms with E-state index in [1.165, 1.54) is 11.1 Å². The van der Waals surface area contributed by atoms with E-state index in [1.807, 2.05) is 57.2 Å². The molecule has 4 heteroatoms. The molecular weight excluding hydrogens is 288 g/mol. The van der Waals surface area contributed by atoms with E-state index in [0.29, 0.717) is 5.69 Å². The first-order valence-electron chi connectivity index (χ1n) is 7.72. The van der Waals surface area contributed by atoms with Crippen LogP contribution in [0.1, 0.15) is 31.9 Å². The number of aryl methyl sites for hydroxylation is 1. The van der Waals surface area contributed by atoms with Gasteiger partial charge in [0, 0.05) is 17.9 Å². The zero-order chi connectivity index (χ0) is 16.9. The van der Waals surface area contributed by atoms with Crippen LogP contribution < -0.4 is 10.6 Å². The minimum absolute atomic E-state index is 0.450. The summed E-state index contributed by atoms with van der Waals surface area (Å²) in [6.07, 6.45) is -0.450. The van der Waals surface area contributed by atoms with Crippen LogP contribution in [0.4, 0.5) is 16.2 Å². The maximum atomic E-state index is 11.8. The van der Waals surface area contributed by atoms with Gasteiger partial charge in [-0.25, -0.2) is 4.79 Å². The molecule has 23 heavy (non-hydrogen) atoms. The van der Waals surface area contributed by atoms with E-state index >= 15 is 0 Å². The van der Waals surface area contributed by atoms with Gasteiger partial charge in [-0.05, 0) is 57.0 Å². The van der Waals surface area contributed by atoms with E-state index in [0.717, 1.165) is 12.2 Å². The second kappa shape index (κ2) is 7.18. The van der Waals surface area contributed by atoms with Crippen LogP contribution in [-0.2, 0) is 11.3 Å². The molecule has 2 aromatic rings. The van der Waals surface area contributed by atoms with E-state index in [4.69, 9.17) is 4.74 Å². The Kier molecular flexibility index (Phi) is 5.27. The monoisotopic (exact) mass is 312 g/mol. The fraction of sp³-hybridized carbons (Fsp3) is 0.316. The molecule has 0 saturated heterocycles. The van der Waals surface area contributed by atoms with Crippen molar-refractivity contribution in [1.29, 1.82) is 0 Å². The standard InChI is InChI=1S/C19H24N2O2/c1-14-8-5-6-9-15(14)13-20-16-10-7-11-17(12-16)21-18(22)23-19(2,3)4/h5-12,20H,13H2,1-4H3,(H,21,22). The van der Waals surface area contributed by atoms with Gasteiger partial charge in [-0.15, -0.1) is 0 Å². The highest BCUT2D eigenvalue weighted by molar-refractivity contribution is 5.85. The number of benzene rings is 2. The number of carbonyl (C=O) groups excluding carboxylic acids is 1. The molecule has 4 nitrogen and oxygen atoms in total. The van der Waals surface area contributed by atoms with Crippen molar-refractivity contribution in [2.75, 3.05) is 10.6 Å². The minimum Gasteiger partial charge on any atom is -0.444 e. The number of ether oxygens (including phenoxy) is 1. The summed E-state index contributed by atoms with van der Waals surface area (Å²) >= 11 is 0. The summed E-state index contributed by atoms with van der Waals surface area (Å²) in [5.41, 5.74) is 3.64. The highest BCUT2D eigenvalue weighted by Crippen LogP contribution is 2.18. The third-order valence-corrected chi connectivity index (χ3v) is 3.25. The molecule has 0 aliphatic heterocycles. The molecule has 0 heterocycles. The van der Waals surface area contributed by atoms with Crippen molar-refractivity contribution in [1.82, 2.24) is 0 Å². The van der Waals surface area contributed by atoms with Crippen LogP contribution in [0.2, 0.25) is 0 Å². The Morgan fingerprint density at radius 3 is 2.43 bits per heavy atom. The van der Waals surface area contributed by atoms with Crippen molar-refractivity contribution in [3.8, 4) is 0 Å². The Labute approximate surface area is 137 Å². The quantitative estimate of drug-likeness (QED) is 0.839. The molecule has 0 spiro atoms. The lowest BCUT2D eigenvalue weighted by atomic mass is 10.1. The van der Waals surface area contributed by atoms with Crippen LogP contribution in [0, 0.1) is 6.92 Å². The highest BCUT2D eigenvalue weighted by Gasteiger charge is 2.16. The molecule has 1 amide bonds. The molecule has 0 aliphatic carbocycles. The van der Waals surface area contributed by atoms with Gasteiger partial charge in [0.1, 0.15) is 5.60 Å². The van der Waals surface area contributed by atoms with Crippen molar-refractivity contribution >= 4 is 17.5 Å². The minimum atomic E-state index is -0.509. The summed E-state index contributed by atoms with van der Waals surface area (Å²) in [6.45, 7) is 8.35. The number of carbonyl (C=O) groups is 1. The molecule has 0 aromatic heterocycles. The van der Waals surface area contributed by atoms with Crippen LogP contribution in [0.15, 0.2) is 48.5 Å². The van der Waals surface area contributed by atoms with Gasteiger partial charge in [-0.1, -0.05) is 30.3 Å². The molecule has 0 saturated carbocycles. The largest absolute Gasteiger partial charge is 0.444 e. The molecular formula is C19H24N2O2. The number of amides is 1. The lowest BCUT2D eigenvalue weighted by Gasteiger charge is -2.19. The molecule has 122 valence electrons. The maximum absolute atomic E-state index is 11.8. The van der Waals surface area contributed by atoms with Gasteiger partial charge in [0.05, 0.1) is 0 Å². The van der Waals surface area contributed by atoms with Gasteiger partial charge in [0.25, 0.3) is 0 Å². The van der Waals surface area contributed by atoms with Gasteiger partial charge in [0.2, 0.25) is 0 Å². The molecule has 0 fully saturated rings. The summed E-state index contributed by atoms with van der Waals surface area (Å²) < 4.78 is 5.26. The first-order chi connectivity index (χ1) is 10.8. The van der Waals surface area contributed by atoms with Gasteiger partial charge in [0.15, 0.2) is 0 Å². The van der Waals surface area contributed by atoms with E-state index in [1.54, 1.807) is 0 Å². The van der Waals surface area contributed by atoms with Gasteiger partial charge in [-0.3, -0.25) is 5.32 Å². The van der Waals surface area contributed by atoms with E-state index < -0.39 is 11.7 Å². The van der Waals surface area contributed by atoms with Crippen LogP contribution in [0.25, 0.3) is 0 Å². The topological polar surface area (TPSA) is 50.4 Å². The lowest BCUT2D eigenvalue weighted by Crippen LogP contribution is -2.27. The second-order valence-electron chi connectivity index (χ2n) is 6.49. The summed E-state index contributed by atoms with van der Waals surface area (Å²) in [7, 11) is 0. The maximum Gasteiger partial charge on any atom is 0.412 e. The number of rotatable bonds is 4. The molecule has 0 unspecified atom stereocenters. The summed E-state index contributed by atoms with van der Waals surface area (Å²) in [5, 5.41) is 6.12.